The van der Waals surface area contributed by atoms with Crippen LogP contribution in [0.5, 0.6) is 0 Å². The Labute approximate surface area is 114 Å². The summed E-state index contributed by atoms with van der Waals surface area (Å²) >= 11 is 13.7. The summed E-state index contributed by atoms with van der Waals surface area (Å²) in [5, 5.41) is 1.17. The fourth-order valence-electron chi connectivity index (χ4n) is 1.43. The van der Waals surface area contributed by atoms with Crippen molar-refractivity contribution < 1.29 is 0 Å². The lowest BCUT2D eigenvalue weighted by Crippen LogP contribution is -1.82. The SMILES string of the molecule is CCl.ClCCCCCCCCCCCBr. The van der Waals surface area contributed by atoms with Crippen molar-refractivity contribution in [2.24, 2.45) is 0 Å². The molecule has 0 bridgehead atoms. The number of unbranched alkanes of at least 4 members (excludes halogenated alkanes) is 8. The van der Waals surface area contributed by atoms with Gasteiger partial charge in [0.05, 0.1) is 0 Å². The highest BCUT2D eigenvalue weighted by atomic mass is 79.9. The van der Waals surface area contributed by atoms with Crippen molar-refractivity contribution in [2.75, 3.05) is 17.6 Å². The van der Waals surface area contributed by atoms with Gasteiger partial charge in [0, 0.05) is 17.6 Å². The van der Waals surface area contributed by atoms with Crippen LogP contribution in [-0.2, 0) is 0 Å². The van der Waals surface area contributed by atoms with E-state index in [1.165, 1.54) is 69.5 Å². The second-order valence-corrected chi connectivity index (χ2v) is 4.73. The van der Waals surface area contributed by atoms with Crippen molar-refractivity contribution >= 4 is 39.1 Å². The first-order valence-corrected chi connectivity index (χ1v) is 8.32. The monoisotopic (exact) mass is 318 g/mol. The minimum atomic E-state index is 0.839. The molecular weight excluding hydrogens is 295 g/mol. The molecule has 15 heavy (non-hydrogen) atoms. The van der Waals surface area contributed by atoms with Gasteiger partial charge in [-0.05, 0) is 12.8 Å². The first-order valence-electron chi connectivity index (χ1n) is 5.91. The van der Waals surface area contributed by atoms with Crippen molar-refractivity contribution in [2.45, 2.75) is 57.8 Å². The summed E-state index contributed by atoms with van der Waals surface area (Å²) in [7, 11) is 0. The van der Waals surface area contributed by atoms with Gasteiger partial charge in [-0.3, -0.25) is 0 Å². The molecule has 0 saturated heterocycles. The number of rotatable bonds is 10. The molecule has 3 heteroatoms. The molecule has 94 valence electrons. The molecule has 0 aliphatic rings. The Morgan fingerprint density at radius 3 is 1.33 bits per heavy atom. The van der Waals surface area contributed by atoms with Gasteiger partial charge in [-0.2, -0.15) is 0 Å². The Kier molecular flexibility index (Phi) is 25.1. The van der Waals surface area contributed by atoms with Crippen molar-refractivity contribution in [1.29, 1.82) is 0 Å². The zero-order valence-corrected chi connectivity index (χ0v) is 13.0. The number of hydrogen-bond acceptors (Lipinski definition) is 0. The van der Waals surface area contributed by atoms with E-state index in [4.69, 9.17) is 11.6 Å². The summed E-state index contributed by atoms with van der Waals surface area (Å²) in [5.41, 5.74) is 0. The highest BCUT2D eigenvalue weighted by Gasteiger charge is 1.91. The smallest absolute Gasteiger partial charge is 0.0223 e. The number of halogens is 3. The number of alkyl halides is 3. The van der Waals surface area contributed by atoms with Crippen LogP contribution >= 0.6 is 39.1 Å². The van der Waals surface area contributed by atoms with Gasteiger partial charge in [0.25, 0.3) is 0 Å². The molecule has 0 radical (unpaired) electrons. The number of hydrogen-bond donors (Lipinski definition) is 0. The molecule has 0 aromatic heterocycles. The fourth-order valence-corrected chi connectivity index (χ4v) is 2.01. The van der Waals surface area contributed by atoms with E-state index in [1.54, 1.807) is 0 Å². The van der Waals surface area contributed by atoms with E-state index in [2.05, 4.69) is 27.5 Å². The van der Waals surface area contributed by atoms with Gasteiger partial charge < -0.3 is 0 Å². The first-order chi connectivity index (χ1) is 7.41. The average Bonchev–Trinajstić information content (AvgIpc) is 2.30. The quantitative estimate of drug-likeness (QED) is 0.343. The highest BCUT2D eigenvalue weighted by Crippen LogP contribution is 2.10. The zero-order valence-electron chi connectivity index (χ0n) is 9.91. The second-order valence-electron chi connectivity index (χ2n) is 3.56. The first kappa shape index (κ1) is 18.4. The van der Waals surface area contributed by atoms with E-state index in [1.807, 2.05) is 0 Å². The fraction of sp³-hybridized carbons (Fsp3) is 1.00. The van der Waals surface area contributed by atoms with Crippen LogP contribution in [0.15, 0.2) is 0 Å². The Morgan fingerprint density at radius 2 is 1.00 bits per heavy atom. The van der Waals surface area contributed by atoms with Crippen molar-refractivity contribution in [3.05, 3.63) is 0 Å². The molecule has 0 aromatic carbocycles. The van der Waals surface area contributed by atoms with Crippen molar-refractivity contribution in [3.8, 4) is 0 Å². The van der Waals surface area contributed by atoms with Gasteiger partial charge >= 0.3 is 0 Å². The molecule has 0 unspecified atom stereocenters. The third kappa shape index (κ3) is 21.0. The zero-order chi connectivity index (χ0) is 11.8. The van der Waals surface area contributed by atoms with Crippen LogP contribution in [0.2, 0.25) is 0 Å². The summed E-state index contributed by atoms with van der Waals surface area (Å²) in [5.74, 6) is 0.839. The largest absolute Gasteiger partial charge is 0.130 e. The molecule has 0 nitrogen and oxygen atoms in total. The van der Waals surface area contributed by atoms with Crippen LogP contribution in [0.1, 0.15) is 57.8 Å². The summed E-state index contributed by atoms with van der Waals surface area (Å²) in [6.07, 6.45) is 13.8. The molecule has 0 N–H and O–H groups in total. The average molecular weight is 320 g/mol. The van der Waals surface area contributed by atoms with E-state index in [0.717, 1.165) is 5.88 Å². The molecule has 0 saturated carbocycles. The van der Waals surface area contributed by atoms with Crippen LogP contribution in [0, 0.1) is 0 Å². The third-order valence-corrected chi connectivity index (χ3v) is 3.10. The molecule has 0 amide bonds. The summed E-state index contributed by atoms with van der Waals surface area (Å²) < 4.78 is 0. The van der Waals surface area contributed by atoms with Crippen LogP contribution in [0.25, 0.3) is 0 Å². The lowest BCUT2D eigenvalue weighted by Gasteiger charge is -2.00. The van der Waals surface area contributed by atoms with Crippen molar-refractivity contribution in [1.82, 2.24) is 0 Å². The van der Waals surface area contributed by atoms with E-state index in [9.17, 15) is 0 Å². The standard InChI is InChI=1S/C11H22BrCl.CH3Cl/c12-10-8-6-4-2-1-3-5-7-9-11-13;1-2/h1-11H2;1H3. The summed E-state index contributed by atoms with van der Waals surface area (Å²) in [4.78, 5) is 0. The molecule has 0 aliphatic heterocycles. The predicted octanol–water partition coefficient (Wildman–Crippen LogP) is 5.99. The van der Waals surface area contributed by atoms with Gasteiger partial charge in [0.15, 0.2) is 0 Å². The highest BCUT2D eigenvalue weighted by molar-refractivity contribution is 9.09. The van der Waals surface area contributed by atoms with Gasteiger partial charge in [0.2, 0.25) is 0 Å². The van der Waals surface area contributed by atoms with E-state index in [-0.39, 0.29) is 0 Å². The molecule has 0 fully saturated rings. The maximum Gasteiger partial charge on any atom is 0.0223 e. The Hall–Kier alpha value is 1.06. The van der Waals surface area contributed by atoms with E-state index < -0.39 is 0 Å². The Bertz CT molecular complexity index is 79.7. The normalized spacial score (nSPS) is 9.60. The van der Waals surface area contributed by atoms with Crippen molar-refractivity contribution in [3.63, 3.8) is 0 Å². The minimum Gasteiger partial charge on any atom is -0.130 e. The third-order valence-electron chi connectivity index (χ3n) is 2.27. The predicted molar refractivity (Wildman–Crippen MR) is 77.8 cm³/mol. The molecule has 0 spiro atoms. The molecule has 0 rings (SSSR count). The van der Waals surface area contributed by atoms with Gasteiger partial charge in [-0.1, -0.05) is 60.9 Å². The molecule has 0 atom stereocenters. The van der Waals surface area contributed by atoms with Crippen LogP contribution < -0.4 is 0 Å². The van der Waals surface area contributed by atoms with E-state index in [0.29, 0.717) is 0 Å². The maximum atomic E-state index is 5.59. The lowest BCUT2D eigenvalue weighted by atomic mass is 10.1. The van der Waals surface area contributed by atoms with Gasteiger partial charge in [0.1, 0.15) is 0 Å². The Morgan fingerprint density at radius 1 is 0.667 bits per heavy atom. The Balaban J connectivity index is 0. The summed E-state index contributed by atoms with van der Waals surface area (Å²) in [6.45, 7) is 0. The lowest BCUT2D eigenvalue weighted by molar-refractivity contribution is 0.574. The molecule has 0 aromatic rings. The van der Waals surface area contributed by atoms with Crippen LogP contribution in [0.3, 0.4) is 0 Å². The minimum absolute atomic E-state index is 0.839. The van der Waals surface area contributed by atoms with E-state index >= 15 is 0 Å². The van der Waals surface area contributed by atoms with Gasteiger partial charge in [-0.25, -0.2) is 0 Å². The van der Waals surface area contributed by atoms with Crippen LogP contribution in [0.4, 0.5) is 0 Å². The molecular formula is C12H25BrCl2. The topological polar surface area (TPSA) is 0 Å². The second kappa shape index (κ2) is 20.5. The molecule has 0 heterocycles. The summed E-state index contributed by atoms with van der Waals surface area (Å²) in [6, 6.07) is 0. The van der Waals surface area contributed by atoms with Gasteiger partial charge in [-0.15, -0.1) is 23.2 Å². The molecule has 0 aliphatic carbocycles. The maximum absolute atomic E-state index is 5.59. The van der Waals surface area contributed by atoms with Crippen LogP contribution in [-0.4, -0.2) is 17.6 Å².